The lowest BCUT2D eigenvalue weighted by Gasteiger charge is -2.37. The molecule has 4 aromatic rings. The Labute approximate surface area is 253 Å². The Morgan fingerprint density at radius 3 is 2.44 bits per heavy atom. The topological polar surface area (TPSA) is 100 Å². The summed E-state index contributed by atoms with van der Waals surface area (Å²) in [6, 6.07) is 11.4. The predicted molar refractivity (Wildman–Crippen MR) is 167 cm³/mol. The summed E-state index contributed by atoms with van der Waals surface area (Å²) in [6.45, 7) is 11.5. The second-order valence-electron chi connectivity index (χ2n) is 12.3. The van der Waals surface area contributed by atoms with Crippen molar-refractivity contribution >= 4 is 59.0 Å². The van der Waals surface area contributed by atoms with Gasteiger partial charge in [-0.25, -0.2) is 13.4 Å². The van der Waals surface area contributed by atoms with E-state index in [9.17, 15) is 13.5 Å². The van der Waals surface area contributed by atoms with E-state index in [1.54, 1.807) is 10.4 Å². The number of thiazole rings is 1. The number of piperidine rings is 1. The van der Waals surface area contributed by atoms with Gasteiger partial charge in [0, 0.05) is 39.4 Å². The molecule has 11 heteroatoms. The van der Waals surface area contributed by atoms with Crippen LogP contribution in [0.2, 0.25) is 0 Å². The summed E-state index contributed by atoms with van der Waals surface area (Å²) >= 11 is 4.82. The molecule has 41 heavy (non-hydrogen) atoms. The van der Waals surface area contributed by atoms with E-state index in [2.05, 4.69) is 65.8 Å². The van der Waals surface area contributed by atoms with Gasteiger partial charge >= 0.3 is 0 Å². The molecule has 2 aliphatic rings. The molecule has 1 saturated heterocycles. The van der Waals surface area contributed by atoms with E-state index < -0.39 is 15.6 Å². The van der Waals surface area contributed by atoms with Crippen molar-refractivity contribution in [3.63, 3.8) is 0 Å². The van der Waals surface area contributed by atoms with Crippen LogP contribution in [0.1, 0.15) is 58.9 Å². The van der Waals surface area contributed by atoms with Gasteiger partial charge in [-0.3, -0.25) is 0 Å². The molecule has 0 bridgehead atoms. The van der Waals surface area contributed by atoms with E-state index in [0.29, 0.717) is 35.4 Å². The fourth-order valence-corrected chi connectivity index (χ4v) is 9.31. The number of aromatic nitrogens is 2. The quantitative estimate of drug-likeness (QED) is 0.218. The highest BCUT2D eigenvalue weighted by Crippen LogP contribution is 2.52. The number of nitrogens with zero attached hydrogens (tertiary/aromatic N) is 5. The first-order chi connectivity index (χ1) is 19.3. The van der Waals surface area contributed by atoms with Gasteiger partial charge in [-0.05, 0) is 74.3 Å². The molecule has 8 nitrogen and oxygen atoms in total. The highest BCUT2D eigenvalue weighted by Gasteiger charge is 2.39. The first-order valence-electron chi connectivity index (χ1n) is 13.9. The minimum absolute atomic E-state index is 0.0126. The molecular weight excluding hydrogens is 622 g/mol. The summed E-state index contributed by atoms with van der Waals surface area (Å²) in [6.07, 6.45) is 1.77. The maximum atomic E-state index is 14.0. The van der Waals surface area contributed by atoms with E-state index in [-0.39, 0.29) is 22.4 Å². The second kappa shape index (κ2) is 10.3. The number of hydrogen-bond donors (Lipinski definition) is 1. The molecule has 2 aliphatic heterocycles. The van der Waals surface area contributed by atoms with Crippen LogP contribution in [-0.2, 0) is 15.6 Å². The molecule has 0 radical (unpaired) electrons. The summed E-state index contributed by atoms with van der Waals surface area (Å²) in [5.41, 5.74) is 3.35. The Hall–Kier alpha value is -2.60. The average molecular weight is 657 g/mol. The first kappa shape index (κ1) is 28.5. The van der Waals surface area contributed by atoms with Gasteiger partial charge in [0.05, 0.1) is 16.1 Å². The molecule has 3 atom stereocenters. The monoisotopic (exact) mass is 655 g/mol. The van der Waals surface area contributed by atoms with Crippen LogP contribution in [0.4, 0.5) is 10.8 Å². The fraction of sp³-hybridized carbons (Fsp3) is 0.433. The molecule has 1 N–H and O–H groups in total. The molecule has 2 aromatic carbocycles. The maximum Gasteiger partial charge on any atom is 0.243 e. The van der Waals surface area contributed by atoms with E-state index in [0.717, 1.165) is 39.7 Å². The van der Waals surface area contributed by atoms with Gasteiger partial charge in [0.2, 0.25) is 21.0 Å². The Balaban J connectivity index is 1.47. The zero-order valence-electron chi connectivity index (χ0n) is 23.8. The molecule has 2 aromatic heterocycles. The minimum atomic E-state index is -3.74. The van der Waals surface area contributed by atoms with Crippen molar-refractivity contribution in [3.8, 4) is 17.1 Å². The Morgan fingerprint density at radius 2 is 1.76 bits per heavy atom. The van der Waals surface area contributed by atoms with Crippen molar-refractivity contribution in [3.05, 3.63) is 51.8 Å². The Morgan fingerprint density at radius 1 is 1.07 bits per heavy atom. The van der Waals surface area contributed by atoms with Crippen molar-refractivity contribution in [1.29, 1.82) is 0 Å². The largest absolute Gasteiger partial charge is 0.493 e. The van der Waals surface area contributed by atoms with Crippen LogP contribution in [0.15, 0.2) is 61.4 Å². The van der Waals surface area contributed by atoms with Gasteiger partial charge in [-0.2, -0.15) is 4.31 Å². The van der Waals surface area contributed by atoms with Crippen molar-refractivity contribution in [2.24, 2.45) is 22.1 Å². The number of azo groups is 1. The number of hydrogen-bond acceptors (Lipinski definition) is 7. The molecule has 1 fully saturated rings. The molecule has 216 valence electrons. The number of sulfonamides is 1. The third kappa shape index (κ3) is 5.04. The Bertz CT molecular complexity index is 1770. The van der Waals surface area contributed by atoms with Crippen LogP contribution >= 0.6 is 27.3 Å². The first-order valence-corrected chi connectivity index (χ1v) is 17.0. The summed E-state index contributed by atoms with van der Waals surface area (Å²) in [4.78, 5) is 4.86. The molecule has 0 aliphatic carbocycles. The van der Waals surface area contributed by atoms with Gasteiger partial charge in [0.25, 0.3) is 0 Å². The lowest BCUT2D eigenvalue weighted by molar-refractivity contribution is 0.222. The van der Waals surface area contributed by atoms with Crippen LogP contribution in [0.25, 0.3) is 22.2 Å². The van der Waals surface area contributed by atoms with Crippen LogP contribution in [0.3, 0.4) is 0 Å². The van der Waals surface area contributed by atoms with E-state index in [4.69, 9.17) is 0 Å². The minimum Gasteiger partial charge on any atom is -0.493 e. The molecule has 0 spiro atoms. The standard InChI is InChI=1S/C30H34BrN5O3S2/c1-17-10-18(2)15-35(14-17)41(38,39)22-11-23-19(3)13-30(4,5)36-27(23)24(12-22)26(28(36)37)33-34-29-32-25(16-40-29)20-6-8-21(31)9-7-20/h6-9,11-12,16-19,37H,10,13-15H2,1-5H3. The lowest BCUT2D eigenvalue weighted by Crippen LogP contribution is -2.42. The SMILES string of the molecule is CC1CC(C)CN(S(=O)(=O)c2cc3c4c(c2)c(N=Nc2nc(-c5ccc(Br)cc5)cs2)c(O)n4C(C)(C)CC3C)C1. The molecule has 0 saturated carbocycles. The molecule has 3 unspecified atom stereocenters. The maximum absolute atomic E-state index is 14.0. The summed E-state index contributed by atoms with van der Waals surface area (Å²) in [5.74, 6) is 0.679. The molecule has 6 rings (SSSR count). The number of aromatic hydroxyl groups is 1. The number of halogens is 1. The highest BCUT2D eigenvalue weighted by atomic mass is 79.9. The average Bonchev–Trinajstić information content (AvgIpc) is 3.48. The second-order valence-corrected chi connectivity index (χ2v) is 16.0. The van der Waals surface area contributed by atoms with E-state index in [1.165, 1.54) is 11.3 Å². The highest BCUT2D eigenvalue weighted by molar-refractivity contribution is 9.10. The van der Waals surface area contributed by atoms with E-state index in [1.807, 2.05) is 40.3 Å². The third-order valence-corrected chi connectivity index (χ3v) is 11.4. The van der Waals surface area contributed by atoms with Crippen molar-refractivity contribution < 1.29 is 13.5 Å². The molecular formula is C30H34BrN5O3S2. The van der Waals surface area contributed by atoms with Crippen LogP contribution in [0, 0.1) is 11.8 Å². The lowest BCUT2D eigenvalue weighted by atomic mass is 9.82. The van der Waals surface area contributed by atoms with Gasteiger partial charge in [0.1, 0.15) is 0 Å². The van der Waals surface area contributed by atoms with Gasteiger partial charge in [0.15, 0.2) is 5.69 Å². The van der Waals surface area contributed by atoms with Crippen LogP contribution in [-0.4, -0.2) is 40.5 Å². The zero-order valence-corrected chi connectivity index (χ0v) is 27.0. The molecule has 0 amide bonds. The van der Waals surface area contributed by atoms with Crippen molar-refractivity contribution in [1.82, 2.24) is 13.9 Å². The predicted octanol–water partition coefficient (Wildman–Crippen LogP) is 8.56. The Kier molecular flexibility index (Phi) is 7.16. The smallest absolute Gasteiger partial charge is 0.243 e. The number of benzene rings is 2. The summed E-state index contributed by atoms with van der Waals surface area (Å²) in [7, 11) is -3.74. The van der Waals surface area contributed by atoms with Gasteiger partial charge < -0.3 is 9.67 Å². The van der Waals surface area contributed by atoms with Crippen molar-refractivity contribution in [2.75, 3.05) is 13.1 Å². The number of rotatable bonds is 5. The summed E-state index contributed by atoms with van der Waals surface area (Å²) < 4.78 is 32.4. The van der Waals surface area contributed by atoms with Crippen LogP contribution in [0.5, 0.6) is 5.88 Å². The zero-order chi connectivity index (χ0) is 29.3. The van der Waals surface area contributed by atoms with E-state index >= 15 is 0 Å². The normalized spacial score (nSPS) is 23.0. The van der Waals surface area contributed by atoms with Crippen molar-refractivity contribution in [2.45, 2.75) is 63.8 Å². The molecule has 4 heterocycles. The third-order valence-electron chi connectivity index (χ3n) is 8.30. The van der Waals surface area contributed by atoms with Gasteiger partial charge in [-0.1, -0.05) is 48.8 Å². The van der Waals surface area contributed by atoms with Gasteiger partial charge in [-0.15, -0.1) is 21.6 Å². The van der Waals surface area contributed by atoms with Crippen LogP contribution < -0.4 is 0 Å². The fourth-order valence-electron chi connectivity index (χ4n) is 6.66. The summed E-state index contributed by atoms with van der Waals surface area (Å²) in [5, 5.41) is 23.4.